The average Bonchev–Trinajstić information content (AvgIpc) is 2.52. The number of nitrogens with zero attached hydrogens (tertiary/aromatic N) is 1. The summed E-state index contributed by atoms with van der Waals surface area (Å²) in [5, 5.41) is 3.49. The largest absolute Gasteiger partial charge is 0.316 e. The van der Waals surface area contributed by atoms with Gasteiger partial charge in [-0.3, -0.25) is 0 Å². The van der Waals surface area contributed by atoms with E-state index in [9.17, 15) is 8.42 Å². The van der Waals surface area contributed by atoms with E-state index in [-0.39, 0.29) is 5.41 Å². The normalized spacial score (nSPS) is 29.9. The van der Waals surface area contributed by atoms with Crippen LogP contribution in [0.15, 0.2) is 0 Å². The van der Waals surface area contributed by atoms with Gasteiger partial charge in [-0.2, -0.15) is 0 Å². The predicted molar refractivity (Wildman–Crippen MR) is 79.1 cm³/mol. The Morgan fingerprint density at radius 3 is 2.68 bits per heavy atom. The zero-order chi connectivity index (χ0) is 13.9. The fraction of sp³-hybridized carbons (Fsp3) is 1.00. The van der Waals surface area contributed by atoms with Crippen molar-refractivity contribution in [2.45, 2.75) is 33.1 Å². The molecule has 0 aromatic heterocycles. The molecule has 0 radical (unpaired) electrons. The lowest BCUT2D eigenvalue weighted by atomic mass is 9.74. The van der Waals surface area contributed by atoms with Crippen LogP contribution in [-0.4, -0.2) is 57.5 Å². The van der Waals surface area contributed by atoms with Gasteiger partial charge in [-0.25, -0.2) is 8.42 Å². The van der Waals surface area contributed by atoms with Gasteiger partial charge in [0, 0.05) is 13.1 Å². The second-order valence-electron chi connectivity index (χ2n) is 6.81. The number of nitrogens with one attached hydrogen (secondary N) is 1. The lowest BCUT2D eigenvalue weighted by Crippen LogP contribution is -2.45. The van der Waals surface area contributed by atoms with Crippen LogP contribution in [0.25, 0.3) is 0 Å². The van der Waals surface area contributed by atoms with Crippen LogP contribution < -0.4 is 5.32 Å². The van der Waals surface area contributed by atoms with Crippen LogP contribution in [0.4, 0.5) is 0 Å². The van der Waals surface area contributed by atoms with Crippen LogP contribution in [0, 0.1) is 11.3 Å². The molecule has 2 fully saturated rings. The van der Waals surface area contributed by atoms with E-state index in [4.69, 9.17) is 0 Å². The van der Waals surface area contributed by atoms with Gasteiger partial charge in [0.2, 0.25) is 0 Å². The Balaban J connectivity index is 1.91. The molecule has 0 bridgehead atoms. The lowest BCUT2D eigenvalue weighted by Gasteiger charge is -2.40. The summed E-state index contributed by atoms with van der Waals surface area (Å²) in [5.74, 6) is 1.42. The molecule has 0 spiro atoms. The minimum atomic E-state index is -2.79. The maximum atomic E-state index is 11.6. The first-order valence-electron chi connectivity index (χ1n) is 7.53. The van der Waals surface area contributed by atoms with E-state index in [1.165, 1.54) is 12.8 Å². The van der Waals surface area contributed by atoms with Gasteiger partial charge in [0.05, 0.1) is 11.5 Å². The zero-order valence-electron chi connectivity index (χ0n) is 12.3. The topological polar surface area (TPSA) is 49.4 Å². The van der Waals surface area contributed by atoms with Gasteiger partial charge in [-0.05, 0) is 50.2 Å². The molecule has 2 aliphatic heterocycles. The highest BCUT2D eigenvalue weighted by atomic mass is 32.2. The van der Waals surface area contributed by atoms with E-state index < -0.39 is 9.84 Å². The highest BCUT2D eigenvalue weighted by Gasteiger charge is 2.33. The minimum absolute atomic E-state index is 0.265. The summed E-state index contributed by atoms with van der Waals surface area (Å²) < 4.78 is 23.3. The molecule has 4 nitrogen and oxygen atoms in total. The first-order valence-corrected chi connectivity index (χ1v) is 9.35. The van der Waals surface area contributed by atoms with Crippen molar-refractivity contribution in [1.29, 1.82) is 0 Å². The van der Waals surface area contributed by atoms with Crippen LogP contribution >= 0.6 is 0 Å². The van der Waals surface area contributed by atoms with Crippen LogP contribution in [0.5, 0.6) is 0 Å². The monoisotopic (exact) mass is 288 g/mol. The van der Waals surface area contributed by atoms with Gasteiger partial charge in [-0.1, -0.05) is 13.8 Å². The Labute approximate surface area is 117 Å². The SMILES string of the molecule is CC(C)(CN1CCCS(=O)(=O)CC1)C1CCCNC1. The number of hydrogen-bond donors (Lipinski definition) is 1. The standard InChI is InChI=1S/C14H28N2O2S/c1-14(2,13-5-3-6-15-11-13)12-16-7-4-9-19(17,18)10-8-16/h13,15H,3-12H2,1-2H3. The van der Waals surface area contributed by atoms with E-state index in [0.717, 1.165) is 32.6 Å². The summed E-state index contributed by atoms with van der Waals surface area (Å²) in [6, 6.07) is 0. The van der Waals surface area contributed by atoms with Crippen molar-refractivity contribution in [3.63, 3.8) is 0 Å². The molecular formula is C14H28N2O2S. The van der Waals surface area contributed by atoms with Crippen LogP contribution in [0.1, 0.15) is 33.1 Å². The van der Waals surface area contributed by atoms with E-state index in [0.29, 0.717) is 24.0 Å². The summed E-state index contributed by atoms with van der Waals surface area (Å²) in [6.07, 6.45) is 3.36. The van der Waals surface area contributed by atoms with Crippen molar-refractivity contribution in [1.82, 2.24) is 10.2 Å². The third-order valence-electron chi connectivity index (χ3n) is 4.68. The van der Waals surface area contributed by atoms with Gasteiger partial charge >= 0.3 is 0 Å². The molecule has 0 aromatic carbocycles. The maximum Gasteiger partial charge on any atom is 0.151 e. The molecule has 2 aliphatic rings. The summed E-state index contributed by atoms with van der Waals surface area (Å²) in [5.41, 5.74) is 0.265. The molecule has 2 rings (SSSR count). The maximum absolute atomic E-state index is 11.6. The van der Waals surface area contributed by atoms with Gasteiger partial charge in [0.25, 0.3) is 0 Å². The molecule has 19 heavy (non-hydrogen) atoms. The van der Waals surface area contributed by atoms with Crippen molar-refractivity contribution in [3.05, 3.63) is 0 Å². The van der Waals surface area contributed by atoms with Crippen LogP contribution in [0.3, 0.4) is 0 Å². The van der Waals surface area contributed by atoms with Crippen molar-refractivity contribution >= 4 is 9.84 Å². The highest BCUT2D eigenvalue weighted by Crippen LogP contribution is 2.32. The molecule has 2 saturated heterocycles. The van der Waals surface area contributed by atoms with Gasteiger partial charge < -0.3 is 10.2 Å². The van der Waals surface area contributed by atoms with E-state index in [2.05, 4.69) is 24.1 Å². The molecule has 0 saturated carbocycles. The quantitative estimate of drug-likeness (QED) is 0.846. The predicted octanol–water partition coefficient (Wildman–Crippen LogP) is 1.13. The van der Waals surface area contributed by atoms with Crippen molar-refractivity contribution < 1.29 is 8.42 Å². The molecule has 1 N–H and O–H groups in total. The second kappa shape index (κ2) is 6.10. The number of piperidine rings is 1. The molecule has 0 aromatic rings. The molecule has 1 unspecified atom stereocenters. The number of hydrogen-bond acceptors (Lipinski definition) is 4. The molecule has 1 atom stereocenters. The van der Waals surface area contributed by atoms with Crippen molar-refractivity contribution in [2.24, 2.45) is 11.3 Å². The Bertz CT molecular complexity index is 386. The molecule has 0 aliphatic carbocycles. The van der Waals surface area contributed by atoms with E-state index >= 15 is 0 Å². The molecule has 0 amide bonds. The number of sulfone groups is 1. The fourth-order valence-electron chi connectivity index (χ4n) is 3.37. The smallest absolute Gasteiger partial charge is 0.151 e. The summed E-state index contributed by atoms with van der Waals surface area (Å²) in [7, 11) is -2.79. The third-order valence-corrected chi connectivity index (χ3v) is 6.40. The second-order valence-corrected chi connectivity index (χ2v) is 9.12. The van der Waals surface area contributed by atoms with Crippen LogP contribution in [-0.2, 0) is 9.84 Å². The Morgan fingerprint density at radius 1 is 1.21 bits per heavy atom. The fourth-order valence-corrected chi connectivity index (χ4v) is 4.68. The third kappa shape index (κ3) is 4.43. The Hall–Kier alpha value is -0.130. The van der Waals surface area contributed by atoms with Gasteiger partial charge in [0.15, 0.2) is 9.84 Å². The lowest BCUT2D eigenvalue weighted by molar-refractivity contribution is 0.105. The molecule has 112 valence electrons. The first kappa shape index (κ1) is 15.3. The van der Waals surface area contributed by atoms with Crippen molar-refractivity contribution in [3.8, 4) is 0 Å². The summed E-state index contributed by atoms with van der Waals surface area (Å²) >= 11 is 0. The minimum Gasteiger partial charge on any atom is -0.316 e. The van der Waals surface area contributed by atoms with Crippen molar-refractivity contribution in [2.75, 3.05) is 44.2 Å². The number of rotatable bonds is 3. The Morgan fingerprint density at radius 2 is 2.00 bits per heavy atom. The zero-order valence-corrected chi connectivity index (χ0v) is 13.1. The average molecular weight is 288 g/mol. The Kier molecular flexibility index (Phi) is 4.90. The van der Waals surface area contributed by atoms with E-state index in [1.807, 2.05) is 0 Å². The van der Waals surface area contributed by atoms with Crippen LogP contribution in [0.2, 0.25) is 0 Å². The molecule has 2 heterocycles. The first-order chi connectivity index (χ1) is 8.89. The van der Waals surface area contributed by atoms with Gasteiger partial charge in [0.1, 0.15) is 0 Å². The molecule has 5 heteroatoms. The summed E-state index contributed by atoms with van der Waals surface area (Å²) in [4.78, 5) is 2.36. The highest BCUT2D eigenvalue weighted by molar-refractivity contribution is 7.91. The van der Waals surface area contributed by atoms with E-state index in [1.54, 1.807) is 0 Å². The molecular weight excluding hydrogens is 260 g/mol. The summed E-state index contributed by atoms with van der Waals surface area (Å²) in [6.45, 7) is 9.60. The van der Waals surface area contributed by atoms with Gasteiger partial charge in [-0.15, -0.1) is 0 Å².